The van der Waals surface area contributed by atoms with Crippen LogP contribution in [0, 0.1) is 13.8 Å². The molecule has 0 fully saturated rings. The molecule has 0 aliphatic heterocycles. The Bertz CT molecular complexity index is 324. The molecule has 0 aliphatic carbocycles. The Labute approximate surface area is 85.6 Å². The number of rotatable bonds is 2. The zero-order valence-corrected chi connectivity index (χ0v) is 9.59. The summed E-state index contributed by atoms with van der Waals surface area (Å²) in [5.41, 5.74) is 1.53. The van der Waals surface area contributed by atoms with Gasteiger partial charge in [-0.1, -0.05) is 20.4 Å². The van der Waals surface area contributed by atoms with Crippen molar-refractivity contribution >= 4 is 6.21 Å². The summed E-state index contributed by atoms with van der Waals surface area (Å²) in [5.74, 6) is 1.45. The standard InChI is InChI=1S/C9H12N2O.C2H6/c1-6(2)10-5-9-7(3)12-8(4)11-9;1-2/h5H,1H2,2-4H3;1-2H3. The lowest BCUT2D eigenvalue weighted by atomic mass is 10.4. The van der Waals surface area contributed by atoms with Crippen molar-refractivity contribution in [3.63, 3.8) is 0 Å². The van der Waals surface area contributed by atoms with Gasteiger partial charge in [0.05, 0.1) is 6.21 Å². The zero-order chi connectivity index (χ0) is 11.1. The summed E-state index contributed by atoms with van der Waals surface area (Å²) in [6, 6.07) is 0. The van der Waals surface area contributed by atoms with Gasteiger partial charge in [-0.15, -0.1) is 0 Å². The van der Waals surface area contributed by atoms with Crippen LogP contribution in [-0.2, 0) is 0 Å². The molecular weight excluding hydrogens is 176 g/mol. The summed E-state index contributed by atoms with van der Waals surface area (Å²) in [4.78, 5) is 8.15. The molecule has 1 aromatic rings. The van der Waals surface area contributed by atoms with Crippen LogP contribution in [0.3, 0.4) is 0 Å². The van der Waals surface area contributed by atoms with Gasteiger partial charge in [0.25, 0.3) is 0 Å². The zero-order valence-electron chi connectivity index (χ0n) is 9.59. The Hall–Kier alpha value is -1.38. The van der Waals surface area contributed by atoms with E-state index in [2.05, 4.69) is 16.6 Å². The minimum atomic E-state index is 0.663. The molecule has 0 atom stereocenters. The van der Waals surface area contributed by atoms with Gasteiger partial charge in [0.2, 0.25) is 0 Å². The van der Waals surface area contributed by atoms with Crippen molar-refractivity contribution in [2.24, 2.45) is 4.99 Å². The lowest BCUT2D eigenvalue weighted by Crippen LogP contribution is -1.84. The van der Waals surface area contributed by atoms with E-state index in [4.69, 9.17) is 4.42 Å². The van der Waals surface area contributed by atoms with Gasteiger partial charge in [0.15, 0.2) is 5.89 Å². The van der Waals surface area contributed by atoms with E-state index in [1.54, 1.807) is 6.21 Å². The minimum Gasteiger partial charge on any atom is -0.446 e. The van der Waals surface area contributed by atoms with E-state index < -0.39 is 0 Å². The Morgan fingerprint density at radius 1 is 1.43 bits per heavy atom. The Morgan fingerprint density at radius 3 is 2.36 bits per heavy atom. The average molecular weight is 194 g/mol. The van der Waals surface area contributed by atoms with Crippen LogP contribution in [-0.4, -0.2) is 11.2 Å². The first kappa shape index (κ1) is 12.6. The molecule has 78 valence electrons. The molecular formula is C11H18N2O. The number of oxazole rings is 1. The number of aliphatic imine (C=N–C) groups is 1. The summed E-state index contributed by atoms with van der Waals surface area (Å²) in [7, 11) is 0. The molecule has 0 saturated heterocycles. The highest BCUT2D eigenvalue weighted by Gasteiger charge is 2.02. The summed E-state index contributed by atoms with van der Waals surface area (Å²) in [6.45, 7) is 13.2. The second kappa shape index (κ2) is 6.13. The number of hydrogen-bond donors (Lipinski definition) is 0. The second-order valence-corrected chi connectivity index (χ2v) is 2.67. The molecule has 3 heteroatoms. The van der Waals surface area contributed by atoms with Crippen LogP contribution in [0.25, 0.3) is 0 Å². The molecule has 1 heterocycles. The van der Waals surface area contributed by atoms with Crippen molar-refractivity contribution in [1.29, 1.82) is 0 Å². The molecule has 3 nitrogen and oxygen atoms in total. The largest absolute Gasteiger partial charge is 0.446 e. The Morgan fingerprint density at radius 2 is 2.00 bits per heavy atom. The smallest absolute Gasteiger partial charge is 0.191 e. The van der Waals surface area contributed by atoms with Crippen molar-refractivity contribution in [3.8, 4) is 0 Å². The molecule has 0 bridgehead atoms. The van der Waals surface area contributed by atoms with Crippen LogP contribution >= 0.6 is 0 Å². The number of hydrogen-bond acceptors (Lipinski definition) is 3. The second-order valence-electron chi connectivity index (χ2n) is 2.67. The number of allylic oxidation sites excluding steroid dienone is 1. The van der Waals surface area contributed by atoms with Gasteiger partial charge in [-0.05, 0) is 13.8 Å². The van der Waals surface area contributed by atoms with Crippen molar-refractivity contribution in [2.45, 2.75) is 34.6 Å². The fourth-order valence-electron chi connectivity index (χ4n) is 0.836. The molecule has 1 rings (SSSR count). The summed E-state index contributed by atoms with van der Waals surface area (Å²) < 4.78 is 5.21. The molecule has 0 aromatic carbocycles. The van der Waals surface area contributed by atoms with Crippen LogP contribution in [0.5, 0.6) is 0 Å². The van der Waals surface area contributed by atoms with Gasteiger partial charge in [-0.25, -0.2) is 4.98 Å². The fourth-order valence-corrected chi connectivity index (χ4v) is 0.836. The van der Waals surface area contributed by atoms with Gasteiger partial charge in [-0.3, -0.25) is 4.99 Å². The lowest BCUT2D eigenvalue weighted by molar-refractivity contribution is 0.494. The van der Waals surface area contributed by atoms with Crippen LogP contribution < -0.4 is 0 Å². The third kappa shape index (κ3) is 4.03. The van der Waals surface area contributed by atoms with Gasteiger partial charge in [-0.2, -0.15) is 0 Å². The molecule has 0 aliphatic rings. The van der Waals surface area contributed by atoms with Crippen molar-refractivity contribution in [1.82, 2.24) is 4.98 Å². The van der Waals surface area contributed by atoms with Gasteiger partial charge in [0, 0.05) is 12.6 Å². The highest BCUT2D eigenvalue weighted by molar-refractivity contribution is 5.78. The first-order valence-corrected chi connectivity index (χ1v) is 4.73. The van der Waals surface area contributed by atoms with Gasteiger partial charge in [0.1, 0.15) is 11.5 Å². The quantitative estimate of drug-likeness (QED) is 0.678. The average Bonchev–Trinajstić information content (AvgIpc) is 2.45. The fraction of sp³-hybridized carbons (Fsp3) is 0.455. The number of nitrogens with zero attached hydrogens (tertiary/aromatic N) is 2. The van der Waals surface area contributed by atoms with Crippen LogP contribution in [0.2, 0.25) is 0 Å². The van der Waals surface area contributed by atoms with Crippen LogP contribution in [0.15, 0.2) is 21.7 Å². The maximum absolute atomic E-state index is 5.21. The Kier molecular flexibility index (Phi) is 5.53. The van der Waals surface area contributed by atoms with Crippen molar-refractivity contribution in [2.75, 3.05) is 0 Å². The minimum absolute atomic E-state index is 0.663. The molecule has 0 unspecified atom stereocenters. The molecule has 1 aromatic heterocycles. The van der Waals surface area contributed by atoms with E-state index in [0.29, 0.717) is 5.89 Å². The third-order valence-electron chi connectivity index (χ3n) is 1.35. The normalized spacial score (nSPS) is 9.79. The van der Waals surface area contributed by atoms with Gasteiger partial charge >= 0.3 is 0 Å². The Balaban J connectivity index is 0.000000791. The van der Waals surface area contributed by atoms with Crippen molar-refractivity contribution in [3.05, 3.63) is 29.6 Å². The number of aryl methyl sites for hydroxylation is 2. The molecule has 14 heavy (non-hydrogen) atoms. The summed E-state index contributed by atoms with van der Waals surface area (Å²) in [5, 5.41) is 0. The molecule has 0 N–H and O–H groups in total. The molecule has 0 amide bonds. The summed E-state index contributed by atoms with van der Waals surface area (Å²) in [6.07, 6.45) is 1.66. The maximum Gasteiger partial charge on any atom is 0.191 e. The highest BCUT2D eigenvalue weighted by Crippen LogP contribution is 2.06. The molecule has 0 radical (unpaired) electrons. The highest BCUT2D eigenvalue weighted by atomic mass is 16.4. The van der Waals surface area contributed by atoms with Crippen LogP contribution in [0.1, 0.15) is 38.1 Å². The number of aromatic nitrogens is 1. The first-order chi connectivity index (χ1) is 6.59. The van der Waals surface area contributed by atoms with E-state index in [1.807, 2.05) is 34.6 Å². The first-order valence-electron chi connectivity index (χ1n) is 4.73. The topological polar surface area (TPSA) is 38.4 Å². The maximum atomic E-state index is 5.21. The van der Waals surface area contributed by atoms with Gasteiger partial charge < -0.3 is 4.42 Å². The SMILES string of the molecule is C=C(C)N=Cc1nc(C)oc1C.CC. The predicted molar refractivity (Wildman–Crippen MR) is 59.7 cm³/mol. The van der Waals surface area contributed by atoms with E-state index >= 15 is 0 Å². The molecule has 0 spiro atoms. The molecule has 0 saturated carbocycles. The van der Waals surface area contributed by atoms with Crippen LogP contribution in [0.4, 0.5) is 0 Å². The van der Waals surface area contributed by atoms with Crippen molar-refractivity contribution < 1.29 is 4.42 Å². The van der Waals surface area contributed by atoms with E-state index in [9.17, 15) is 0 Å². The predicted octanol–water partition coefficient (Wildman–Crippen LogP) is 3.27. The van der Waals surface area contributed by atoms with E-state index in [-0.39, 0.29) is 0 Å². The monoisotopic (exact) mass is 194 g/mol. The van der Waals surface area contributed by atoms with E-state index in [1.165, 1.54) is 0 Å². The third-order valence-corrected chi connectivity index (χ3v) is 1.35. The summed E-state index contributed by atoms with van der Waals surface area (Å²) >= 11 is 0. The lowest BCUT2D eigenvalue weighted by Gasteiger charge is -1.85. The van der Waals surface area contributed by atoms with E-state index in [0.717, 1.165) is 17.2 Å².